The number of nitrogens with one attached hydrogen (secondary N) is 1. The highest BCUT2D eigenvalue weighted by Crippen LogP contribution is 2.19. The van der Waals surface area contributed by atoms with Gasteiger partial charge in [-0.05, 0) is 12.1 Å². The number of amides is 1. The molecule has 0 atom stereocenters. The summed E-state index contributed by atoms with van der Waals surface area (Å²) in [6, 6.07) is 1.66. The van der Waals surface area contributed by atoms with Gasteiger partial charge in [-0.25, -0.2) is 21.6 Å². The summed E-state index contributed by atoms with van der Waals surface area (Å²) in [7, 11) is -3.26. The Labute approximate surface area is 131 Å². The molecule has 1 amide bonds. The molecule has 1 N–H and O–H groups in total. The zero-order valence-electron chi connectivity index (χ0n) is 12.4. The molecule has 1 aromatic rings. The number of carbonyl (C=O) groups excluding carboxylic acids is 1. The van der Waals surface area contributed by atoms with Crippen LogP contribution in [0.5, 0.6) is 0 Å². The number of sulfonamides is 1. The van der Waals surface area contributed by atoms with Crippen molar-refractivity contribution in [3.8, 4) is 0 Å². The molecule has 0 bridgehead atoms. The van der Waals surface area contributed by atoms with Crippen molar-refractivity contribution in [2.75, 3.05) is 44.3 Å². The maximum absolute atomic E-state index is 13.5. The van der Waals surface area contributed by atoms with E-state index < -0.39 is 39.1 Å². The van der Waals surface area contributed by atoms with Crippen LogP contribution in [0.25, 0.3) is 0 Å². The minimum Gasteiger partial charge on any atom is -0.322 e. The van der Waals surface area contributed by atoms with Crippen LogP contribution in [0.3, 0.4) is 0 Å². The predicted octanol–water partition coefficient (Wildman–Crippen LogP) is 0.620. The molecule has 0 aromatic heterocycles. The Hall–Kier alpha value is -1.65. The highest BCUT2D eigenvalue weighted by molar-refractivity contribution is 7.88. The number of piperazine rings is 1. The zero-order chi connectivity index (χ0) is 17.2. The van der Waals surface area contributed by atoms with E-state index in [1.807, 2.05) is 0 Å². The number of hydrogen-bond acceptors (Lipinski definition) is 4. The van der Waals surface area contributed by atoms with Gasteiger partial charge in [-0.15, -0.1) is 0 Å². The van der Waals surface area contributed by atoms with Gasteiger partial charge in [-0.1, -0.05) is 0 Å². The predicted molar refractivity (Wildman–Crippen MR) is 77.8 cm³/mol. The average molecular weight is 351 g/mol. The van der Waals surface area contributed by atoms with E-state index in [2.05, 4.69) is 5.32 Å². The Bertz CT molecular complexity index is 704. The van der Waals surface area contributed by atoms with Gasteiger partial charge in [0, 0.05) is 26.2 Å². The van der Waals surface area contributed by atoms with Gasteiger partial charge in [0.25, 0.3) is 0 Å². The maximum Gasteiger partial charge on any atom is 0.238 e. The monoisotopic (exact) mass is 351 g/mol. The van der Waals surface area contributed by atoms with Crippen molar-refractivity contribution in [3.05, 3.63) is 29.6 Å². The lowest BCUT2D eigenvalue weighted by molar-refractivity contribution is -0.117. The Kier molecular flexibility index (Phi) is 5.27. The topological polar surface area (TPSA) is 69.7 Å². The van der Waals surface area contributed by atoms with Gasteiger partial charge < -0.3 is 5.32 Å². The van der Waals surface area contributed by atoms with Crippen molar-refractivity contribution < 1.29 is 26.4 Å². The molecule has 0 radical (unpaired) electrons. The lowest BCUT2D eigenvalue weighted by Gasteiger charge is -2.32. The van der Waals surface area contributed by atoms with E-state index in [4.69, 9.17) is 0 Å². The van der Waals surface area contributed by atoms with Gasteiger partial charge in [0.05, 0.1) is 18.5 Å². The normalized spacial score (nSPS) is 17.2. The molecule has 23 heavy (non-hydrogen) atoms. The second kappa shape index (κ2) is 6.85. The van der Waals surface area contributed by atoms with Crippen LogP contribution in [0.2, 0.25) is 0 Å². The molecule has 0 aliphatic carbocycles. The Morgan fingerprint density at radius 2 is 1.74 bits per heavy atom. The third-order valence-electron chi connectivity index (χ3n) is 3.48. The smallest absolute Gasteiger partial charge is 0.238 e. The van der Waals surface area contributed by atoms with Crippen LogP contribution in [0.15, 0.2) is 12.1 Å². The highest BCUT2D eigenvalue weighted by atomic mass is 32.2. The van der Waals surface area contributed by atoms with E-state index in [0.29, 0.717) is 13.1 Å². The Balaban J connectivity index is 1.91. The maximum atomic E-state index is 13.5. The van der Waals surface area contributed by atoms with Crippen molar-refractivity contribution in [1.82, 2.24) is 9.21 Å². The van der Waals surface area contributed by atoms with Gasteiger partial charge in [0.2, 0.25) is 15.9 Å². The zero-order valence-corrected chi connectivity index (χ0v) is 13.2. The van der Waals surface area contributed by atoms with Crippen molar-refractivity contribution in [2.24, 2.45) is 0 Å². The van der Waals surface area contributed by atoms with E-state index in [1.54, 1.807) is 4.90 Å². The number of carbonyl (C=O) groups is 1. The summed E-state index contributed by atoms with van der Waals surface area (Å²) in [6.07, 6.45) is 1.11. The molecule has 1 aliphatic heterocycles. The van der Waals surface area contributed by atoms with Gasteiger partial charge in [-0.2, -0.15) is 4.31 Å². The largest absolute Gasteiger partial charge is 0.322 e. The quantitative estimate of drug-likeness (QED) is 0.808. The summed E-state index contributed by atoms with van der Waals surface area (Å²) in [6.45, 7) is 1.11. The summed E-state index contributed by atoms with van der Waals surface area (Å²) >= 11 is 0. The molecule has 1 aliphatic rings. The van der Waals surface area contributed by atoms with Gasteiger partial charge in [-0.3, -0.25) is 9.69 Å². The lowest BCUT2D eigenvalue weighted by Crippen LogP contribution is -2.50. The van der Waals surface area contributed by atoms with Crippen LogP contribution < -0.4 is 5.32 Å². The fourth-order valence-electron chi connectivity index (χ4n) is 2.23. The number of anilines is 1. The molecule has 2 rings (SSSR count). The minimum atomic E-state index is -3.26. The van der Waals surface area contributed by atoms with Crippen molar-refractivity contribution in [2.45, 2.75) is 0 Å². The van der Waals surface area contributed by atoms with Crippen LogP contribution in [0.4, 0.5) is 18.9 Å². The molecule has 1 saturated heterocycles. The first kappa shape index (κ1) is 17.7. The molecule has 1 fully saturated rings. The molecule has 10 heteroatoms. The van der Waals surface area contributed by atoms with Crippen LogP contribution >= 0.6 is 0 Å². The summed E-state index contributed by atoms with van der Waals surface area (Å²) in [5.41, 5.74) is -0.441. The summed E-state index contributed by atoms with van der Waals surface area (Å²) in [5.74, 6) is -5.04. The van der Waals surface area contributed by atoms with Crippen molar-refractivity contribution >= 4 is 21.6 Å². The molecule has 0 spiro atoms. The molecule has 0 saturated carbocycles. The van der Waals surface area contributed by atoms with Gasteiger partial charge in [0.15, 0.2) is 17.5 Å². The minimum absolute atomic E-state index is 0.101. The number of halogens is 3. The Morgan fingerprint density at radius 1 is 1.13 bits per heavy atom. The summed E-state index contributed by atoms with van der Waals surface area (Å²) in [4.78, 5) is 13.5. The summed E-state index contributed by atoms with van der Waals surface area (Å²) in [5, 5.41) is 2.17. The fourth-order valence-corrected chi connectivity index (χ4v) is 3.06. The first-order chi connectivity index (χ1) is 10.7. The van der Waals surface area contributed by atoms with Crippen LogP contribution in [-0.2, 0) is 14.8 Å². The highest BCUT2D eigenvalue weighted by Gasteiger charge is 2.24. The van der Waals surface area contributed by atoms with Crippen molar-refractivity contribution in [3.63, 3.8) is 0 Å². The van der Waals surface area contributed by atoms with Crippen LogP contribution in [-0.4, -0.2) is 62.5 Å². The van der Waals surface area contributed by atoms with E-state index in [1.165, 1.54) is 4.31 Å². The second-order valence-corrected chi connectivity index (χ2v) is 7.19. The summed E-state index contributed by atoms with van der Waals surface area (Å²) < 4.78 is 63.4. The van der Waals surface area contributed by atoms with E-state index in [0.717, 1.165) is 18.4 Å². The average Bonchev–Trinajstić information content (AvgIpc) is 2.47. The molecule has 0 unspecified atom stereocenters. The molecule has 128 valence electrons. The second-order valence-electron chi connectivity index (χ2n) is 5.21. The van der Waals surface area contributed by atoms with E-state index >= 15 is 0 Å². The van der Waals surface area contributed by atoms with E-state index in [9.17, 15) is 26.4 Å². The molecular weight excluding hydrogens is 335 g/mol. The van der Waals surface area contributed by atoms with Crippen LogP contribution in [0.1, 0.15) is 0 Å². The number of hydrogen-bond donors (Lipinski definition) is 1. The molecular formula is C13H16F3N3O3S. The van der Waals surface area contributed by atoms with Crippen LogP contribution in [0, 0.1) is 17.5 Å². The Morgan fingerprint density at radius 3 is 2.30 bits per heavy atom. The molecule has 1 aromatic carbocycles. The standard InChI is InChI=1S/C13H16F3N3O3S/c1-23(21,22)19-6-4-18(5-7-19)8-11(20)17-10-3-2-9(14)12(15)13(10)16/h2-3H,4-8H2,1H3,(H,17,20). The third kappa shape index (κ3) is 4.43. The van der Waals surface area contributed by atoms with Crippen molar-refractivity contribution in [1.29, 1.82) is 0 Å². The van der Waals surface area contributed by atoms with E-state index in [-0.39, 0.29) is 19.6 Å². The number of benzene rings is 1. The first-order valence-corrected chi connectivity index (χ1v) is 8.64. The third-order valence-corrected chi connectivity index (χ3v) is 4.78. The first-order valence-electron chi connectivity index (χ1n) is 6.79. The number of nitrogens with zero attached hydrogens (tertiary/aromatic N) is 2. The lowest BCUT2D eigenvalue weighted by atomic mass is 10.2. The molecule has 6 nitrogen and oxygen atoms in total. The SMILES string of the molecule is CS(=O)(=O)N1CCN(CC(=O)Nc2ccc(F)c(F)c2F)CC1. The molecule has 1 heterocycles. The van der Waals surface area contributed by atoms with Gasteiger partial charge >= 0.3 is 0 Å². The van der Waals surface area contributed by atoms with Gasteiger partial charge in [0.1, 0.15) is 0 Å². The number of rotatable bonds is 4. The fraction of sp³-hybridized carbons (Fsp3) is 0.462.